The predicted molar refractivity (Wildman–Crippen MR) is 123 cm³/mol. The maximum atomic E-state index is 12.9. The third kappa shape index (κ3) is 4.19. The molecular weight excluding hydrogens is 440 g/mol. The molecular formula is C24H21BrN4O. The average Bonchev–Trinajstić information content (AvgIpc) is 3.17. The van der Waals surface area contributed by atoms with Gasteiger partial charge in [-0.25, -0.2) is 9.67 Å². The van der Waals surface area contributed by atoms with Gasteiger partial charge in [-0.15, -0.1) is 5.10 Å². The molecule has 1 amide bonds. The summed E-state index contributed by atoms with van der Waals surface area (Å²) in [7, 11) is 0. The molecule has 6 heteroatoms. The number of benzene rings is 3. The minimum absolute atomic E-state index is 0.119. The Bertz CT molecular complexity index is 1150. The van der Waals surface area contributed by atoms with E-state index in [2.05, 4.69) is 31.3 Å². The van der Waals surface area contributed by atoms with Crippen molar-refractivity contribution in [2.24, 2.45) is 0 Å². The molecule has 0 fully saturated rings. The molecule has 30 heavy (non-hydrogen) atoms. The van der Waals surface area contributed by atoms with Gasteiger partial charge in [-0.2, -0.15) is 0 Å². The molecule has 0 spiro atoms. The summed E-state index contributed by atoms with van der Waals surface area (Å²) < 4.78 is 2.68. The number of carbonyl (C=O) groups is 1. The van der Waals surface area contributed by atoms with Crippen LogP contribution >= 0.6 is 15.9 Å². The molecule has 150 valence electrons. The number of aryl methyl sites for hydroxylation is 3. The van der Waals surface area contributed by atoms with Crippen molar-refractivity contribution in [2.75, 3.05) is 5.32 Å². The Morgan fingerprint density at radius 2 is 1.53 bits per heavy atom. The van der Waals surface area contributed by atoms with Crippen LogP contribution in [-0.4, -0.2) is 20.7 Å². The molecule has 0 aliphatic heterocycles. The van der Waals surface area contributed by atoms with Crippen molar-refractivity contribution in [3.05, 3.63) is 93.7 Å². The number of hydrogen-bond acceptors (Lipinski definition) is 3. The van der Waals surface area contributed by atoms with Crippen LogP contribution in [0.5, 0.6) is 0 Å². The Hall–Kier alpha value is -3.25. The summed E-state index contributed by atoms with van der Waals surface area (Å²) in [4.78, 5) is 17.5. The summed E-state index contributed by atoms with van der Waals surface area (Å²) in [6, 6.07) is 21.7. The van der Waals surface area contributed by atoms with Crippen LogP contribution in [0.15, 0.2) is 71.2 Å². The second kappa shape index (κ2) is 8.24. The molecule has 0 aliphatic rings. The quantitative estimate of drug-likeness (QED) is 0.413. The van der Waals surface area contributed by atoms with Gasteiger partial charge in [0.15, 0.2) is 5.82 Å². The van der Waals surface area contributed by atoms with Crippen LogP contribution in [0.4, 0.5) is 5.69 Å². The van der Waals surface area contributed by atoms with Gasteiger partial charge in [0.05, 0.1) is 5.69 Å². The number of anilines is 1. The Morgan fingerprint density at radius 3 is 2.17 bits per heavy atom. The number of amides is 1. The number of nitrogens with one attached hydrogen (secondary N) is 1. The van der Waals surface area contributed by atoms with E-state index in [-0.39, 0.29) is 11.7 Å². The highest BCUT2D eigenvalue weighted by atomic mass is 79.9. The van der Waals surface area contributed by atoms with E-state index in [1.807, 2.05) is 87.5 Å². The largest absolute Gasteiger partial charge is 0.319 e. The van der Waals surface area contributed by atoms with Crippen LogP contribution in [0, 0.1) is 20.8 Å². The van der Waals surface area contributed by atoms with Gasteiger partial charge in [-0.1, -0.05) is 63.5 Å². The fraction of sp³-hybridized carbons (Fsp3) is 0.125. The molecule has 1 aromatic heterocycles. The lowest BCUT2D eigenvalue weighted by Crippen LogP contribution is -2.15. The summed E-state index contributed by atoms with van der Waals surface area (Å²) >= 11 is 3.44. The first kappa shape index (κ1) is 20.0. The summed E-state index contributed by atoms with van der Waals surface area (Å²) in [6.45, 7) is 6.01. The van der Waals surface area contributed by atoms with E-state index in [9.17, 15) is 4.79 Å². The Morgan fingerprint density at radius 1 is 0.900 bits per heavy atom. The fourth-order valence-corrected chi connectivity index (χ4v) is 3.58. The van der Waals surface area contributed by atoms with Gasteiger partial charge in [0.25, 0.3) is 5.91 Å². The average molecular weight is 461 g/mol. The van der Waals surface area contributed by atoms with Crippen molar-refractivity contribution in [3.8, 4) is 17.1 Å². The highest BCUT2D eigenvalue weighted by Gasteiger charge is 2.19. The van der Waals surface area contributed by atoms with Gasteiger partial charge in [-0.05, 0) is 56.7 Å². The van der Waals surface area contributed by atoms with Gasteiger partial charge in [0, 0.05) is 15.7 Å². The van der Waals surface area contributed by atoms with E-state index in [4.69, 9.17) is 0 Å². The van der Waals surface area contributed by atoms with Crippen molar-refractivity contribution in [1.29, 1.82) is 0 Å². The summed E-state index contributed by atoms with van der Waals surface area (Å²) in [6.07, 6.45) is 0. The van der Waals surface area contributed by atoms with Crippen molar-refractivity contribution in [2.45, 2.75) is 20.8 Å². The first-order valence-corrected chi connectivity index (χ1v) is 10.4. The Balaban J connectivity index is 1.75. The number of hydrogen-bond donors (Lipinski definition) is 1. The van der Waals surface area contributed by atoms with Gasteiger partial charge >= 0.3 is 0 Å². The zero-order valence-corrected chi connectivity index (χ0v) is 18.6. The number of rotatable bonds is 4. The molecule has 4 rings (SSSR count). The van der Waals surface area contributed by atoms with E-state index in [1.54, 1.807) is 4.68 Å². The zero-order valence-electron chi connectivity index (χ0n) is 17.0. The minimum atomic E-state index is -0.348. The van der Waals surface area contributed by atoms with Gasteiger partial charge in [0.2, 0.25) is 5.82 Å². The monoisotopic (exact) mass is 460 g/mol. The van der Waals surface area contributed by atoms with E-state index < -0.39 is 0 Å². The van der Waals surface area contributed by atoms with Crippen LogP contribution < -0.4 is 5.32 Å². The van der Waals surface area contributed by atoms with Crippen molar-refractivity contribution in [1.82, 2.24) is 14.8 Å². The molecule has 0 radical (unpaired) electrons. The van der Waals surface area contributed by atoms with E-state index in [0.29, 0.717) is 5.82 Å². The molecule has 0 atom stereocenters. The molecule has 0 saturated heterocycles. The molecule has 0 unspecified atom stereocenters. The maximum Gasteiger partial charge on any atom is 0.295 e. The lowest BCUT2D eigenvalue weighted by Gasteiger charge is -2.07. The highest BCUT2D eigenvalue weighted by Crippen LogP contribution is 2.24. The Labute approximate surface area is 183 Å². The van der Waals surface area contributed by atoms with E-state index >= 15 is 0 Å². The molecule has 3 aromatic carbocycles. The first-order valence-electron chi connectivity index (χ1n) is 9.59. The first-order chi connectivity index (χ1) is 14.4. The van der Waals surface area contributed by atoms with Crippen LogP contribution in [0.1, 0.15) is 27.3 Å². The number of nitrogens with zero attached hydrogens (tertiary/aromatic N) is 3. The fourth-order valence-electron chi connectivity index (χ4n) is 3.11. The van der Waals surface area contributed by atoms with Crippen molar-refractivity contribution < 1.29 is 4.79 Å². The number of aromatic nitrogens is 3. The number of carbonyl (C=O) groups excluding carboxylic acids is 1. The van der Waals surface area contributed by atoms with Crippen molar-refractivity contribution >= 4 is 27.5 Å². The molecule has 0 saturated carbocycles. The Kier molecular flexibility index (Phi) is 5.50. The third-order valence-electron chi connectivity index (χ3n) is 4.84. The van der Waals surface area contributed by atoms with Crippen LogP contribution in [0.25, 0.3) is 17.1 Å². The molecule has 1 N–H and O–H groups in total. The number of halogens is 1. The molecule has 1 heterocycles. The van der Waals surface area contributed by atoms with Crippen molar-refractivity contribution in [3.63, 3.8) is 0 Å². The topological polar surface area (TPSA) is 59.8 Å². The minimum Gasteiger partial charge on any atom is -0.319 e. The summed E-state index contributed by atoms with van der Waals surface area (Å²) in [5.74, 6) is 0.393. The van der Waals surface area contributed by atoms with E-state index in [0.717, 1.165) is 38.1 Å². The predicted octanol–water partition coefficient (Wildman–Crippen LogP) is 5.87. The lowest BCUT2D eigenvalue weighted by molar-refractivity contribution is 0.101. The lowest BCUT2D eigenvalue weighted by atomic mass is 10.1. The zero-order chi connectivity index (χ0) is 21.3. The second-order valence-corrected chi connectivity index (χ2v) is 8.20. The van der Waals surface area contributed by atoms with Crippen LogP contribution in [-0.2, 0) is 0 Å². The van der Waals surface area contributed by atoms with E-state index in [1.165, 1.54) is 0 Å². The summed E-state index contributed by atoms with van der Waals surface area (Å²) in [5.41, 5.74) is 5.74. The smallest absolute Gasteiger partial charge is 0.295 e. The molecule has 0 bridgehead atoms. The third-order valence-corrected chi connectivity index (χ3v) is 5.33. The van der Waals surface area contributed by atoms with Crippen LogP contribution in [0.3, 0.4) is 0 Å². The molecule has 4 aromatic rings. The van der Waals surface area contributed by atoms with Gasteiger partial charge < -0.3 is 5.32 Å². The van der Waals surface area contributed by atoms with Crippen LogP contribution in [0.2, 0.25) is 0 Å². The SMILES string of the molecule is Cc1ccc(-c2nc(C(=O)Nc3ccc(Br)cc3C)nn2-c2ccc(C)cc2)cc1. The second-order valence-electron chi connectivity index (χ2n) is 7.29. The molecule has 5 nitrogen and oxygen atoms in total. The van der Waals surface area contributed by atoms with Gasteiger partial charge in [-0.3, -0.25) is 4.79 Å². The summed E-state index contributed by atoms with van der Waals surface area (Å²) in [5, 5.41) is 7.45. The maximum absolute atomic E-state index is 12.9. The molecule has 0 aliphatic carbocycles. The normalized spacial score (nSPS) is 10.8. The van der Waals surface area contributed by atoms with Gasteiger partial charge in [0.1, 0.15) is 0 Å². The standard InChI is InChI=1S/C24H21BrN4O/c1-15-4-8-18(9-5-15)23-27-22(28-29(23)20-11-6-16(2)7-12-20)24(30)26-21-13-10-19(25)14-17(21)3/h4-14H,1-3H3,(H,26,30). The highest BCUT2D eigenvalue weighted by molar-refractivity contribution is 9.10.